The van der Waals surface area contributed by atoms with E-state index in [1.165, 1.54) is 30.0 Å². The summed E-state index contributed by atoms with van der Waals surface area (Å²) in [4.78, 5) is 31.2. The topological polar surface area (TPSA) is 59.0 Å². The van der Waals surface area contributed by atoms with Gasteiger partial charge in [-0.1, -0.05) is 41.6 Å². The average molecular weight is 385 g/mol. The van der Waals surface area contributed by atoms with Gasteiger partial charge in [0.1, 0.15) is 16.0 Å². The summed E-state index contributed by atoms with van der Waals surface area (Å²) in [5.74, 6) is -0.0433. The van der Waals surface area contributed by atoms with Gasteiger partial charge in [-0.25, -0.2) is 9.89 Å². The third kappa shape index (κ3) is 2.81. The molecule has 2 aromatic carbocycles. The molecular weight excluding hydrogens is 372 g/mol. The molecule has 2 amide bonds. The lowest BCUT2D eigenvalue weighted by Gasteiger charge is -2.16. The minimum absolute atomic E-state index is 0.277. The van der Waals surface area contributed by atoms with Gasteiger partial charge >= 0.3 is 0 Å². The number of ether oxygens (including phenoxy) is 1. The van der Waals surface area contributed by atoms with Crippen LogP contribution in [0.15, 0.2) is 65.3 Å². The Morgan fingerprint density at radius 1 is 1.15 bits per heavy atom. The second-order valence-electron chi connectivity index (χ2n) is 5.70. The molecule has 130 valence electrons. The average Bonchev–Trinajstić information content (AvgIpc) is 2.92. The Labute approximate surface area is 159 Å². The lowest BCUT2D eigenvalue weighted by molar-refractivity contribution is -0.120. The van der Waals surface area contributed by atoms with Crippen molar-refractivity contribution in [2.24, 2.45) is 4.99 Å². The van der Waals surface area contributed by atoms with Crippen molar-refractivity contribution in [1.82, 2.24) is 0 Å². The second kappa shape index (κ2) is 6.63. The summed E-state index contributed by atoms with van der Waals surface area (Å²) in [6.45, 7) is 0. The third-order valence-corrected chi connectivity index (χ3v) is 5.64. The van der Waals surface area contributed by atoms with Crippen molar-refractivity contribution in [1.29, 1.82) is 0 Å². The van der Waals surface area contributed by atoms with E-state index >= 15 is 0 Å². The van der Waals surface area contributed by atoms with E-state index in [0.29, 0.717) is 27.1 Å². The van der Waals surface area contributed by atoms with E-state index in [1.54, 1.807) is 36.4 Å². The number of amides is 2. The summed E-state index contributed by atoms with van der Waals surface area (Å²) < 4.78 is 5.19. The molecule has 1 saturated heterocycles. The van der Waals surface area contributed by atoms with E-state index < -0.39 is 5.25 Å². The van der Waals surface area contributed by atoms with Gasteiger partial charge < -0.3 is 4.74 Å². The van der Waals surface area contributed by atoms with Crippen molar-refractivity contribution >= 4 is 45.9 Å². The number of anilines is 1. The molecule has 2 heterocycles. The number of halogens is 1. The number of carbonyl (C=O) groups is 2. The maximum absolute atomic E-state index is 12.9. The third-order valence-electron chi connectivity index (χ3n) is 4.13. The number of fused-ring (bicyclic) bond motifs is 1. The monoisotopic (exact) mass is 384 g/mol. The fourth-order valence-corrected chi connectivity index (χ4v) is 4.06. The molecule has 2 aromatic rings. The molecule has 0 radical (unpaired) electrons. The smallest absolute Gasteiger partial charge is 0.264 e. The summed E-state index contributed by atoms with van der Waals surface area (Å²) in [5.41, 5.74) is 1.73. The van der Waals surface area contributed by atoms with Crippen molar-refractivity contribution in [3.05, 3.63) is 70.9 Å². The molecular formula is C19H13ClN2O3S. The van der Waals surface area contributed by atoms with Crippen LogP contribution in [0.1, 0.15) is 5.56 Å². The Bertz CT molecular complexity index is 969. The van der Waals surface area contributed by atoms with Crippen LogP contribution < -0.4 is 9.64 Å². The zero-order valence-corrected chi connectivity index (χ0v) is 15.3. The highest BCUT2D eigenvalue weighted by Gasteiger charge is 2.46. The molecule has 1 unspecified atom stereocenters. The predicted octanol–water partition coefficient (Wildman–Crippen LogP) is 3.67. The largest absolute Gasteiger partial charge is 0.497 e. The van der Waals surface area contributed by atoms with Crippen LogP contribution in [0.4, 0.5) is 5.69 Å². The number of carbonyl (C=O) groups excluding carboxylic acids is 2. The number of aliphatic imine (C=N–C) groups is 1. The van der Waals surface area contributed by atoms with Crippen LogP contribution in [0.2, 0.25) is 5.02 Å². The number of thioether (sulfide) groups is 1. The van der Waals surface area contributed by atoms with Gasteiger partial charge in [0.25, 0.3) is 11.8 Å². The van der Waals surface area contributed by atoms with Gasteiger partial charge in [0.2, 0.25) is 0 Å². The SMILES string of the molecule is COc1cccc(N2C(=O)C3=CN=C(c4ccc(Cl)cc4)SC3C2=O)c1. The molecule has 5 nitrogen and oxygen atoms in total. The molecule has 1 atom stereocenters. The quantitative estimate of drug-likeness (QED) is 0.757. The van der Waals surface area contributed by atoms with Gasteiger partial charge in [-0.3, -0.25) is 9.59 Å². The normalized spacial score (nSPS) is 19.2. The maximum atomic E-state index is 12.9. The van der Waals surface area contributed by atoms with Crippen molar-refractivity contribution < 1.29 is 14.3 Å². The van der Waals surface area contributed by atoms with E-state index in [-0.39, 0.29) is 11.8 Å². The number of imide groups is 1. The number of nitrogens with zero attached hydrogens (tertiary/aromatic N) is 2. The van der Waals surface area contributed by atoms with Gasteiger partial charge in [0.15, 0.2) is 0 Å². The first-order valence-electron chi connectivity index (χ1n) is 7.81. The summed E-state index contributed by atoms with van der Waals surface area (Å²) >= 11 is 7.20. The Hall–Kier alpha value is -2.57. The van der Waals surface area contributed by atoms with E-state index in [1.807, 2.05) is 12.1 Å². The van der Waals surface area contributed by atoms with E-state index in [0.717, 1.165) is 5.56 Å². The van der Waals surface area contributed by atoms with E-state index in [4.69, 9.17) is 16.3 Å². The molecule has 0 bridgehead atoms. The Morgan fingerprint density at radius 2 is 1.92 bits per heavy atom. The standard InChI is InChI=1S/C19H13ClN2O3S/c1-25-14-4-2-3-13(9-14)22-18(23)15-10-21-17(26-16(15)19(22)24)11-5-7-12(20)8-6-11/h2-10,16H,1H3. The van der Waals surface area contributed by atoms with Crippen LogP contribution in [0, 0.1) is 0 Å². The number of hydrogen-bond donors (Lipinski definition) is 0. The van der Waals surface area contributed by atoms with Crippen molar-refractivity contribution in [2.45, 2.75) is 5.25 Å². The highest BCUT2D eigenvalue weighted by atomic mass is 35.5. The van der Waals surface area contributed by atoms with Crippen LogP contribution in [0.25, 0.3) is 0 Å². The van der Waals surface area contributed by atoms with Gasteiger partial charge in [-0.05, 0) is 24.3 Å². The molecule has 7 heteroatoms. The van der Waals surface area contributed by atoms with Gasteiger partial charge in [0, 0.05) is 22.9 Å². The maximum Gasteiger partial charge on any atom is 0.264 e. The number of hydrogen-bond acceptors (Lipinski definition) is 5. The van der Waals surface area contributed by atoms with E-state index in [9.17, 15) is 9.59 Å². The summed E-state index contributed by atoms with van der Waals surface area (Å²) in [5, 5.41) is 0.712. The summed E-state index contributed by atoms with van der Waals surface area (Å²) in [7, 11) is 1.54. The van der Waals surface area contributed by atoms with Crippen molar-refractivity contribution in [3.63, 3.8) is 0 Å². The van der Waals surface area contributed by atoms with Crippen LogP contribution in [0.3, 0.4) is 0 Å². The summed E-state index contributed by atoms with van der Waals surface area (Å²) in [6, 6.07) is 14.1. The highest BCUT2D eigenvalue weighted by Crippen LogP contribution is 2.38. The van der Waals surface area contributed by atoms with Crippen molar-refractivity contribution in [3.8, 4) is 5.75 Å². The highest BCUT2D eigenvalue weighted by molar-refractivity contribution is 8.15. The molecule has 4 rings (SSSR count). The van der Waals surface area contributed by atoms with Crippen LogP contribution >= 0.6 is 23.4 Å². The Kier molecular flexibility index (Phi) is 4.30. The van der Waals surface area contributed by atoms with Gasteiger partial charge in [0.05, 0.1) is 18.4 Å². The zero-order valence-electron chi connectivity index (χ0n) is 13.7. The summed E-state index contributed by atoms with van der Waals surface area (Å²) in [6.07, 6.45) is 1.49. The molecule has 2 aliphatic heterocycles. The number of methoxy groups -OCH3 is 1. The molecule has 0 aliphatic carbocycles. The molecule has 1 fully saturated rings. The Morgan fingerprint density at radius 3 is 2.65 bits per heavy atom. The van der Waals surface area contributed by atoms with Gasteiger partial charge in [-0.2, -0.15) is 0 Å². The van der Waals surface area contributed by atoms with Crippen LogP contribution in [-0.2, 0) is 9.59 Å². The minimum atomic E-state index is -0.600. The zero-order chi connectivity index (χ0) is 18.3. The molecule has 2 aliphatic rings. The van der Waals surface area contributed by atoms with Crippen LogP contribution in [0.5, 0.6) is 5.75 Å². The molecule has 26 heavy (non-hydrogen) atoms. The first-order chi connectivity index (χ1) is 12.6. The number of benzene rings is 2. The van der Waals surface area contributed by atoms with E-state index in [2.05, 4.69) is 4.99 Å². The molecule has 0 aromatic heterocycles. The first-order valence-corrected chi connectivity index (χ1v) is 9.07. The fourth-order valence-electron chi connectivity index (χ4n) is 2.83. The lowest BCUT2D eigenvalue weighted by atomic mass is 10.2. The molecule has 0 N–H and O–H groups in total. The van der Waals surface area contributed by atoms with Crippen molar-refractivity contribution in [2.75, 3.05) is 12.0 Å². The van der Waals surface area contributed by atoms with Crippen LogP contribution in [-0.4, -0.2) is 29.2 Å². The predicted molar refractivity (Wildman–Crippen MR) is 103 cm³/mol. The molecule has 0 spiro atoms. The first kappa shape index (κ1) is 16.9. The number of rotatable bonds is 3. The minimum Gasteiger partial charge on any atom is -0.497 e. The van der Waals surface area contributed by atoms with Gasteiger partial charge in [-0.15, -0.1) is 0 Å². The Balaban J connectivity index is 1.65. The molecule has 0 saturated carbocycles. The fraction of sp³-hybridized carbons (Fsp3) is 0.105. The second-order valence-corrected chi connectivity index (χ2v) is 7.23. The lowest BCUT2D eigenvalue weighted by Crippen LogP contribution is -2.31.